The van der Waals surface area contributed by atoms with E-state index < -0.39 is 49.2 Å². The van der Waals surface area contributed by atoms with E-state index in [2.05, 4.69) is 0 Å². The first-order chi connectivity index (χ1) is 14.0. The van der Waals surface area contributed by atoms with E-state index in [0.29, 0.717) is 5.56 Å². The standard InChI is InChI=1S/C21H19FO7/c1-13(23)27-21-17(22)18(29-20(25)15-10-6-3-7-11-15)16(28-21)12-26-19(24)14-8-4-2-5-9-14/h2-11,16-18,21H,12H2,1H3/t16-,17-,18-,21?/m1/s1. The Bertz CT molecular complexity index is 856. The van der Waals surface area contributed by atoms with Gasteiger partial charge < -0.3 is 18.9 Å². The lowest BCUT2D eigenvalue weighted by Gasteiger charge is -2.19. The van der Waals surface area contributed by atoms with Gasteiger partial charge in [-0.3, -0.25) is 4.79 Å². The first-order valence-electron chi connectivity index (χ1n) is 8.90. The average Bonchev–Trinajstić information content (AvgIpc) is 3.01. The van der Waals surface area contributed by atoms with Gasteiger partial charge in [0, 0.05) is 6.92 Å². The van der Waals surface area contributed by atoms with Crippen molar-refractivity contribution in [1.29, 1.82) is 0 Å². The Morgan fingerprint density at radius 1 is 0.897 bits per heavy atom. The second-order valence-corrected chi connectivity index (χ2v) is 6.30. The summed E-state index contributed by atoms with van der Waals surface area (Å²) in [7, 11) is 0. The van der Waals surface area contributed by atoms with Crippen LogP contribution in [0.15, 0.2) is 60.7 Å². The van der Waals surface area contributed by atoms with Crippen LogP contribution in [0.1, 0.15) is 27.6 Å². The minimum atomic E-state index is -1.94. The lowest BCUT2D eigenvalue weighted by atomic mass is 10.1. The number of benzene rings is 2. The van der Waals surface area contributed by atoms with E-state index in [9.17, 15) is 18.8 Å². The maximum absolute atomic E-state index is 14.8. The van der Waals surface area contributed by atoms with Gasteiger partial charge in [0.1, 0.15) is 12.7 Å². The molecule has 2 aromatic rings. The molecule has 0 amide bonds. The minimum absolute atomic E-state index is 0.218. The molecule has 0 aliphatic carbocycles. The van der Waals surface area contributed by atoms with Gasteiger partial charge >= 0.3 is 17.9 Å². The van der Waals surface area contributed by atoms with Gasteiger partial charge in [0.25, 0.3) is 0 Å². The third kappa shape index (κ3) is 5.17. The summed E-state index contributed by atoms with van der Waals surface area (Å²) in [5.74, 6) is -2.17. The molecule has 1 fully saturated rings. The van der Waals surface area contributed by atoms with E-state index in [0.717, 1.165) is 6.92 Å². The fourth-order valence-corrected chi connectivity index (χ4v) is 2.80. The molecule has 29 heavy (non-hydrogen) atoms. The molecular formula is C21H19FO7. The molecule has 1 unspecified atom stereocenters. The van der Waals surface area contributed by atoms with Gasteiger partial charge in [0.05, 0.1) is 11.1 Å². The molecule has 1 aliphatic heterocycles. The Kier molecular flexibility index (Phi) is 6.56. The summed E-state index contributed by atoms with van der Waals surface area (Å²) >= 11 is 0. The average molecular weight is 402 g/mol. The number of carbonyl (C=O) groups excluding carboxylic acids is 3. The van der Waals surface area contributed by atoms with Gasteiger partial charge in [0.2, 0.25) is 12.5 Å². The van der Waals surface area contributed by atoms with Gasteiger partial charge in [-0.15, -0.1) is 0 Å². The molecule has 0 bridgehead atoms. The highest BCUT2D eigenvalue weighted by molar-refractivity contribution is 5.90. The van der Waals surface area contributed by atoms with E-state index in [1.165, 1.54) is 12.1 Å². The van der Waals surface area contributed by atoms with E-state index in [-0.39, 0.29) is 5.56 Å². The van der Waals surface area contributed by atoms with Crippen molar-refractivity contribution in [1.82, 2.24) is 0 Å². The van der Waals surface area contributed by atoms with Crippen LogP contribution in [-0.4, -0.2) is 49.2 Å². The second-order valence-electron chi connectivity index (χ2n) is 6.30. The highest BCUT2D eigenvalue weighted by atomic mass is 19.1. The Morgan fingerprint density at radius 3 is 2.00 bits per heavy atom. The van der Waals surface area contributed by atoms with Crippen molar-refractivity contribution in [2.75, 3.05) is 6.61 Å². The van der Waals surface area contributed by atoms with Gasteiger partial charge in [-0.1, -0.05) is 36.4 Å². The highest BCUT2D eigenvalue weighted by Crippen LogP contribution is 2.29. The number of rotatable bonds is 6. The molecule has 0 saturated carbocycles. The van der Waals surface area contributed by atoms with E-state index >= 15 is 0 Å². The van der Waals surface area contributed by atoms with Crippen LogP contribution in [0.3, 0.4) is 0 Å². The maximum Gasteiger partial charge on any atom is 0.338 e. The van der Waals surface area contributed by atoms with Crippen molar-refractivity contribution >= 4 is 17.9 Å². The van der Waals surface area contributed by atoms with E-state index in [1.54, 1.807) is 48.5 Å². The Morgan fingerprint density at radius 2 is 1.45 bits per heavy atom. The molecule has 1 saturated heterocycles. The quantitative estimate of drug-likeness (QED) is 0.542. The SMILES string of the molecule is CC(=O)OC1O[C@H](COC(=O)c2ccccc2)[C@@H](OC(=O)c2ccccc2)[C@H]1F. The van der Waals surface area contributed by atoms with Crippen molar-refractivity contribution in [3.63, 3.8) is 0 Å². The van der Waals surface area contributed by atoms with Gasteiger partial charge in [-0.2, -0.15) is 0 Å². The molecule has 4 atom stereocenters. The molecular weight excluding hydrogens is 383 g/mol. The van der Waals surface area contributed by atoms with Crippen LogP contribution in [0.25, 0.3) is 0 Å². The fraction of sp³-hybridized carbons (Fsp3) is 0.286. The Hall–Kier alpha value is -3.26. The number of halogens is 1. The Balaban J connectivity index is 1.70. The minimum Gasteiger partial charge on any atom is -0.459 e. The zero-order valence-corrected chi connectivity index (χ0v) is 15.5. The first-order valence-corrected chi connectivity index (χ1v) is 8.90. The highest BCUT2D eigenvalue weighted by Gasteiger charge is 2.50. The van der Waals surface area contributed by atoms with Gasteiger partial charge in [-0.25, -0.2) is 14.0 Å². The maximum atomic E-state index is 14.8. The van der Waals surface area contributed by atoms with Crippen LogP contribution in [0.4, 0.5) is 4.39 Å². The molecule has 2 aromatic carbocycles. The summed E-state index contributed by atoms with van der Waals surface area (Å²) < 4.78 is 35.3. The number of esters is 3. The molecule has 7 nitrogen and oxygen atoms in total. The number of hydrogen-bond acceptors (Lipinski definition) is 7. The van der Waals surface area contributed by atoms with Crippen molar-refractivity contribution in [3.05, 3.63) is 71.8 Å². The fourth-order valence-electron chi connectivity index (χ4n) is 2.80. The van der Waals surface area contributed by atoms with Crippen LogP contribution in [0.2, 0.25) is 0 Å². The first kappa shape index (κ1) is 20.5. The molecule has 8 heteroatoms. The molecule has 0 N–H and O–H groups in total. The van der Waals surface area contributed by atoms with Crippen LogP contribution in [-0.2, 0) is 23.7 Å². The van der Waals surface area contributed by atoms with Gasteiger partial charge in [-0.05, 0) is 24.3 Å². The molecule has 3 rings (SSSR count). The van der Waals surface area contributed by atoms with Crippen molar-refractivity contribution in [3.8, 4) is 0 Å². The summed E-state index contributed by atoms with van der Waals surface area (Å²) in [6.45, 7) is 0.711. The van der Waals surface area contributed by atoms with E-state index in [1.807, 2.05) is 0 Å². The Labute approximate surface area is 166 Å². The van der Waals surface area contributed by atoms with Crippen molar-refractivity contribution in [2.45, 2.75) is 31.6 Å². The molecule has 0 spiro atoms. The van der Waals surface area contributed by atoms with Crippen LogP contribution in [0, 0.1) is 0 Å². The van der Waals surface area contributed by atoms with E-state index in [4.69, 9.17) is 18.9 Å². The summed E-state index contributed by atoms with van der Waals surface area (Å²) in [6, 6.07) is 16.2. The summed E-state index contributed by atoms with van der Waals surface area (Å²) in [5.41, 5.74) is 0.521. The summed E-state index contributed by atoms with van der Waals surface area (Å²) in [5, 5.41) is 0. The summed E-state index contributed by atoms with van der Waals surface area (Å²) in [6.07, 6.45) is -6.07. The molecule has 1 aliphatic rings. The molecule has 152 valence electrons. The molecule has 0 aromatic heterocycles. The molecule has 1 heterocycles. The smallest absolute Gasteiger partial charge is 0.338 e. The second kappa shape index (κ2) is 9.29. The van der Waals surface area contributed by atoms with Gasteiger partial charge in [0.15, 0.2) is 6.10 Å². The van der Waals surface area contributed by atoms with Crippen LogP contribution < -0.4 is 0 Å². The molecule has 0 radical (unpaired) electrons. The van der Waals surface area contributed by atoms with Crippen molar-refractivity contribution in [2.24, 2.45) is 0 Å². The number of ether oxygens (including phenoxy) is 4. The van der Waals surface area contributed by atoms with Crippen LogP contribution >= 0.6 is 0 Å². The largest absolute Gasteiger partial charge is 0.459 e. The number of hydrogen-bond donors (Lipinski definition) is 0. The third-order valence-electron chi connectivity index (χ3n) is 4.17. The monoisotopic (exact) mass is 402 g/mol. The zero-order chi connectivity index (χ0) is 20.8. The predicted octanol–water partition coefficient (Wildman–Crippen LogP) is 2.70. The zero-order valence-electron chi connectivity index (χ0n) is 15.5. The number of alkyl halides is 1. The van der Waals surface area contributed by atoms with Crippen molar-refractivity contribution < 1.29 is 37.7 Å². The third-order valence-corrected chi connectivity index (χ3v) is 4.17. The number of carbonyl (C=O) groups is 3. The predicted molar refractivity (Wildman–Crippen MR) is 97.7 cm³/mol. The lowest BCUT2D eigenvalue weighted by Crippen LogP contribution is -2.37. The topological polar surface area (TPSA) is 88.1 Å². The normalized spacial score (nSPS) is 23.2. The lowest BCUT2D eigenvalue weighted by molar-refractivity contribution is -0.182. The van der Waals surface area contributed by atoms with Crippen LogP contribution in [0.5, 0.6) is 0 Å². The summed E-state index contributed by atoms with van der Waals surface area (Å²) in [4.78, 5) is 35.6.